The minimum atomic E-state index is -3.82. The third-order valence-corrected chi connectivity index (χ3v) is 2.57. The van der Waals surface area contributed by atoms with Crippen molar-refractivity contribution >= 4 is 10.0 Å². The highest BCUT2D eigenvalue weighted by Crippen LogP contribution is 2.13. The first-order valence-electron chi connectivity index (χ1n) is 3.44. The molecule has 0 radical (unpaired) electrons. The van der Waals surface area contributed by atoms with E-state index in [9.17, 15) is 8.42 Å². The molecule has 0 spiro atoms. The molecular formula is C7H7N3O2S. The predicted octanol–water partition coefficient (Wildman–Crippen LogP) is 1.99. The van der Waals surface area contributed by atoms with Crippen LogP contribution in [0.2, 0.25) is 0 Å². The summed E-state index contributed by atoms with van der Waals surface area (Å²) in [7, 11) is -3.82. The highest BCUT2D eigenvalue weighted by atomic mass is 32.2. The van der Waals surface area contributed by atoms with Crippen LogP contribution in [0.4, 0.5) is 0 Å². The maximum atomic E-state index is 11.2. The molecule has 0 aliphatic carbocycles. The SMILES string of the molecule is Cc1cccc(S(=O)(=O)N=[N+]=[N-])c1. The fourth-order valence-electron chi connectivity index (χ4n) is 0.871. The number of nitrogens with zero attached hydrogens (tertiary/aromatic N) is 3. The molecule has 68 valence electrons. The van der Waals surface area contributed by atoms with Gasteiger partial charge < -0.3 is 0 Å². The van der Waals surface area contributed by atoms with E-state index in [1.807, 2.05) is 0 Å². The first-order valence-corrected chi connectivity index (χ1v) is 4.88. The van der Waals surface area contributed by atoms with Gasteiger partial charge in [0.2, 0.25) is 0 Å². The zero-order chi connectivity index (χ0) is 9.90. The number of sulfonamides is 1. The molecule has 0 fully saturated rings. The average Bonchev–Trinajstić information content (AvgIpc) is 2.04. The van der Waals surface area contributed by atoms with Crippen LogP contribution < -0.4 is 0 Å². The van der Waals surface area contributed by atoms with E-state index in [0.717, 1.165) is 5.56 Å². The Bertz CT molecular complexity index is 460. The van der Waals surface area contributed by atoms with E-state index >= 15 is 0 Å². The Morgan fingerprint density at radius 2 is 2.15 bits per heavy atom. The first-order chi connectivity index (χ1) is 6.06. The average molecular weight is 197 g/mol. The minimum Gasteiger partial charge on any atom is -0.216 e. The zero-order valence-electron chi connectivity index (χ0n) is 6.88. The van der Waals surface area contributed by atoms with Gasteiger partial charge in [0.15, 0.2) is 0 Å². The van der Waals surface area contributed by atoms with Gasteiger partial charge in [-0.25, -0.2) is 8.42 Å². The molecule has 0 N–H and O–H groups in total. The summed E-state index contributed by atoms with van der Waals surface area (Å²) in [6.45, 7) is 1.76. The van der Waals surface area contributed by atoms with Gasteiger partial charge in [0.1, 0.15) is 0 Å². The van der Waals surface area contributed by atoms with Gasteiger partial charge in [-0.2, -0.15) is 0 Å². The van der Waals surface area contributed by atoms with Crippen molar-refractivity contribution in [1.29, 1.82) is 0 Å². The van der Waals surface area contributed by atoms with Crippen LogP contribution in [0.25, 0.3) is 10.4 Å². The number of rotatable bonds is 2. The Morgan fingerprint density at radius 3 is 2.69 bits per heavy atom. The van der Waals surface area contributed by atoms with Crippen molar-refractivity contribution in [2.75, 3.05) is 0 Å². The first kappa shape index (κ1) is 9.57. The van der Waals surface area contributed by atoms with Gasteiger partial charge in [0.25, 0.3) is 10.0 Å². The Labute approximate surface area is 75.7 Å². The molecule has 1 aromatic carbocycles. The number of hydrogen-bond acceptors (Lipinski definition) is 2. The lowest BCUT2D eigenvalue weighted by molar-refractivity contribution is 0.597. The lowest BCUT2D eigenvalue weighted by atomic mass is 10.2. The van der Waals surface area contributed by atoms with Crippen LogP contribution in [0.3, 0.4) is 0 Å². The van der Waals surface area contributed by atoms with E-state index in [1.54, 1.807) is 19.1 Å². The van der Waals surface area contributed by atoms with Gasteiger partial charge in [-0.1, -0.05) is 12.1 Å². The Hall–Kier alpha value is -1.52. The fraction of sp³-hybridized carbons (Fsp3) is 0.143. The molecule has 1 rings (SSSR count). The van der Waals surface area contributed by atoms with E-state index in [-0.39, 0.29) is 4.90 Å². The smallest absolute Gasteiger partial charge is 0.216 e. The molecule has 0 unspecified atom stereocenters. The van der Waals surface area contributed by atoms with Crippen LogP contribution in [-0.4, -0.2) is 8.42 Å². The Kier molecular flexibility index (Phi) is 2.55. The van der Waals surface area contributed by atoms with Crippen molar-refractivity contribution in [3.8, 4) is 0 Å². The van der Waals surface area contributed by atoms with Crippen molar-refractivity contribution < 1.29 is 8.42 Å². The van der Waals surface area contributed by atoms with Crippen LogP contribution in [0, 0.1) is 6.92 Å². The molecule has 0 bridgehead atoms. The summed E-state index contributed by atoms with van der Waals surface area (Å²) in [6, 6.07) is 6.19. The molecule has 0 heterocycles. The Morgan fingerprint density at radius 1 is 1.46 bits per heavy atom. The lowest BCUT2D eigenvalue weighted by Gasteiger charge is -1.97. The van der Waals surface area contributed by atoms with Gasteiger partial charge in [-0.15, -0.1) is 0 Å². The van der Waals surface area contributed by atoms with Crippen LogP contribution in [0.5, 0.6) is 0 Å². The molecule has 6 heteroatoms. The maximum absolute atomic E-state index is 11.2. The summed E-state index contributed by atoms with van der Waals surface area (Å²) < 4.78 is 25.0. The molecule has 0 aromatic heterocycles. The van der Waals surface area contributed by atoms with E-state index in [4.69, 9.17) is 5.53 Å². The lowest BCUT2D eigenvalue weighted by Crippen LogP contribution is -1.94. The maximum Gasteiger partial charge on any atom is 0.264 e. The molecule has 0 saturated heterocycles. The predicted molar refractivity (Wildman–Crippen MR) is 47.5 cm³/mol. The summed E-state index contributed by atoms with van der Waals surface area (Å²) in [4.78, 5) is 2.27. The van der Waals surface area contributed by atoms with E-state index in [1.165, 1.54) is 12.1 Å². The summed E-state index contributed by atoms with van der Waals surface area (Å²) in [6.07, 6.45) is 0. The Balaban J connectivity index is 3.31. The summed E-state index contributed by atoms with van der Waals surface area (Å²) in [5, 5.41) is 0. The second kappa shape index (κ2) is 3.47. The molecule has 5 nitrogen and oxygen atoms in total. The van der Waals surface area contributed by atoms with Gasteiger partial charge in [-0.05, 0) is 30.2 Å². The minimum absolute atomic E-state index is 0.0188. The third-order valence-electron chi connectivity index (χ3n) is 1.43. The molecule has 0 aliphatic heterocycles. The van der Waals surface area contributed by atoms with Crippen LogP contribution in [0.1, 0.15) is 5.56 Å². The quantitative estimate of drug-likeness (QED) is 0.412. The molecular weight excluding hydrogens is 190 g/mol. The van der Waals surface area contributed by atoms with Crippen LogP contribution >= 0.6 is 0 Å². The molecule has 0 atom stereocenters. The second-order valence-electron chi connectivity index (χ2n) is 2.46. The van der Waals surface area contributed by atoms with Crippen LogP contribution in [-0.2, 0) is 10.0 Å². The normalized spacial score (nSPS) is 10.5. The van der Waals surface area contributed by atoms with Gasteiger partial charge in [-0.3, -0.25) is 0 Å². The topological polar surface area (TPSA) is 82.9 Å². The van der Waals surface area contributed by atoms with Gasteiger partial charge in [0, 0.05) is 9.43 Å². The summed E-state index contributed by atoms with van der Waals surface area (Å²) >= 11 is 0. The second-order valence-corrected chi connectivity index (χ2v) is 4.05. The summed E-state index contributed by atoms with van der Waals surface area (Å²) in [5.41, 5.74) is 8.81. The largest absolute Gasteiger partial charge is 0.264 e. The number of aryl methyl sites for hydroxylation is 1. The fourth-order valence-corrected chi connectivity index (χ4v) is 1.65. The standard InChI is InChI=1S/C7H7N3O2S/c1-6-3-2-4-7(5-6)13(11,12)10-9-8/h2-5H,1H3. The molecule has 1 aromatic rings. The molecule has 0 saturated carbocycles. The van der Waals surface area contributed by atoms with Crippen molar-refractivity contribution in [2.24, 2.45) is 4.52 Å². The molecule has 0 aliphatic rings. The highest BCUT2D eigenvalue weighted by molar-refractivity contribution is 7.90. The number of hydrogen-bond donors (Lipinski definition) is 0. The van der Waals surface area contributed by atoms with Crippen molar-refractivity contribution in [3.05, 3.63) is 40.3 Å². The molecule has 13 heavy (non-hydrogen) atoms. The van der Waals surface area contributed by atoms with E-state index in [0.29, 0.717) is 0 Å². The van der Waals surface area contributed by atoms with Gasteiger partial charge >= 0.3 is 0 Å². The van der Waals surface area contributed by atoms with Crippen LogP contribution in [0.15, 0.2) is 33.7 Å². The zero-order valence-corrected chi connectivity index (χ0v) is 7.69. The molecule has 0 amide bonds. The summed E-state index contributed by atoms with van der Waals surface area (Å²) in [5.74, 6) is 0. The monoisotopic (exact) mass is 197 g/mol. The van der Waals surface area contributed by atoms with E-state index < -0.39 is 10.0 Å². The van der Waals surface area contributed by atoms with Crippen molar-refractivity contribution in [1.82, 2.24) is 0 Å². The van der Waals surface area contributed by atoms with Crippen molar-refractivity contribution in [2.45, 2.75) is 11.8 Å². The number of azide groups is 1. The number of benzene rings is 1. The van der Waals surface area contributed by atoms with E-state index in [2.05, 4.69) is 9.43 Å². The highest BCUT2D eigenvalue weighted by Gasteiger charge is 2.10. The van der Waals surface area contributed by atoms with Crippen molar-refractivity contribution in [3.63, 3.8) is 0 Å². The third kappa shape index (κ3) is 2.21. The van der Waals surface area contributed by atoms with Gasteiger partial charge in [0.05, 0.1) is 4.90 Å².